The molecule has 0 saturated carbocycles. The molecule has 7 heteroatoms. The van der Waals surface area contributed by atoms with Crippen LogP contribution in [-0.4, -0.2) is 42.0 Å². The van der Waals surface area contributed by atoms with Crippen LogP contribution in [0, 0.1) is 0 Å². The zero-order chi connectivity index (χ0) is 18.2. The number of hydrogen-bond donors (Lipinski definition) is 3. The number of H-pyrrole nitrogens is 1. The van der Waals surface area contributed by atoms with Gasteiger partial charge in [0.15, 0.2) is 6.61 Å². The molecule has 0 saturated heterocycles. The van der Waals surface area contributed by atoms with Crippen molar-refractivity contribution in [2.75, 3.05) is 13.2 Å². The van der Waals surface area contributed by atoms with E-state index in [1.54, 1.807) is 13.8 Å². The number of likely N-dealkylation sites (N-methyl/N-ethyl adjacent to an activating group) is 1. The van der Waals surface area contributed by atoms with Gasteiger partial charge in [0.1, 0.15) is 6.04 Å². The van der Waals surface area contributed by atoms with Crippen molar-refractivity contribution in [3.63, 3.8) is 0 Å². The Hall–Kier alpha value is -2.83. The lowest BCUT2D eigenvalue weighted by Gasteiger charge is -2.13. The van der Waals surface area contributed by atoms with Crippen LogP contribution in [0.4, 0.5) is 0 Å². The third-order valence-corrected chi connectivity index (χ3v) is 3.76. The number of carbonyl (C=O) groups is 3. The molecule has 1 aromatic carbocycles. The molecule has 0 spiro atoms. The number of para-hydroxylation sites is 1. The standard InChI is InChI=1S/C18H23N3O4/c1-3-19-18(24)12(2)21-16(22)11-25-17(23)9-8-13-10-20-15-7-5-4-6-14(13)15/h4-7,10,12,20H,3,8-9,11H2,1-2H3,(H,19,24)(H,21,22)/t12-/m1/s1. The molecule has 2 aromatic rings. The molecular formula is C18H23N3O4. The minimum absolute atomic E-state index is 0.182. The van der Waals surface area contributed by atoms with Gasteiger partial charge in [-0.05, 0) is 31.9 Å². The Morgan fingerprint density at radius 2 is 2.00 bits per heavy atom. The van der Waals surface area contributed by atoms with E-state index in [1.807, 2.05) is 30.5 Å². The third kappa shape index (κ3) is 5.34. The second kappa shape index (κ2) is 8.86. The van der Waals surface area contributed by atoms with Crippen LogP contribution in [0.3, 0.4) is 0 Å². The summed E-state index contributed by atoms with van der Waals surface area (Å²) in [4.78, 5) is 38.2. The van der Waals surface area contributed by atoms with Crippen LogP contribution in [0.5, 0.6) is 0 Å². The van der Waals surface area contributed by atoms with Gasteiger partial charge < -0.3 is 20.4 Å². The smallest absolute Gasteiger partial charge is 0.306 e. The first-order chi connectivity index (χ1) is 12.0. The highest BCUT2D eigenvalue weighted by molar-refractivity contribution is 5.88. The summed E-state index contributed by atoms with van der Waals surface area (Å²) in [5.74, 6) is -1.23. The lowest BCUT2D eigenvalue weighted by molar-refractivity contribution is -0.148. The molecule has 0 aliphatic heterocycles. The maximum atomic E-state index is 11.8. The number of nitrogens with one attached hydrogen (secondary N) is 3. The molecule has 2 amide bonds. The maximum Gasteiger partial charge on any atom is 0.306 e. The molecule has 1 aromatic heterocycles. The average Bonchev–Trinajstić information content (AvgIpc) is 3.01. The van der Waals surface area contributed by atoms with Crippen LogP contribution in [0.15, 0.2) is 30.5 Å². The number of amides is 2. The third-order valence-electron chi connectivity index (χ3n) is 3.76. The lowest BCUT2D eigenvalue weighted by atomic mass is 10.1. The number of aromatic amines is 1. The Bertz CT molecular complexity index is 754. The van der Waals surface area contributed by atoms with E-state index in [0.29, 0.717) is 13.0 Å². The van der Waals surface area contributed by atoms with Crippen LogP contribution in [0.1, 0.15) is 25.8 Å². The van der Waals surface area contributed by atoms with E-state index >= 15 is 0 Å². The molecule has 0 bridgehead atoms. The number of aryl methyl sites for hydroxylation is 1. The minimum Gasteiger partial charge on any atom is -0.456 e. The van der Waals surface area contributed by atoms with Crippen molar-refractivity contribution < 1.29 is 19.1 Å². The largest absolute Gasteiger partial charge is 0.456 e. The zero-order valence-corrected chi connectivity index (χ0v) is 14.4. The Labute approximate surface area is 146 Å². The first-order valence-electron chi connectivity index (χ1n) is 8.29. The molecule has 1 atom stereocenters. The molecule has 1 heterocycles. The lowest BCUT2D eigenvalue weighted by Crippen LogP contribution is -2.46. The number of fused-ring (bicyclic) bond motifs is 1. The molecule has 0 unspecified atom stereocenters. The fourth-order valence-corrected chi connectivity index (χ4v) is 2.47. The molecule has 0 aliphatic carbocycles. The van der Waals surface area contributed by atoms with E-state index < -0.39 is 24.5 Å². The fraction of sp³-hybridized carbons (Fsp3) is 0.389. The monoisotopic (exact) mass is 345 g/mol. The summed E-state index contributed by atoms with van der Waals surface area (Å²) in [6.45, 7) is 3.46. The summed E-state index contributed by atoms with van der Waals surface area (Å²) in [5.41, 5.74) is 2.05. The summed E-state index contributed by atoms with van der Waals surface area (Å²) in [7, 11) is 0. The molecule has 0 fully saturated rings. The van der Waals surface area contributed by atoms with Gasteiger partial charge in [0.25, 0.3) is 5.91 Å². The number of esters is 1. The van der Waals surface area contributed by atoms with Gasteiger partial charge in [0.05, 0.1) is 0 Å². The highest BCUT2D eigenvalue weighted by Crippen LogP contribution is 2.19. The van der Waals surface area contributed by atoms with E-state index in [4.69, 9.17) is 4.74 Å². The highest BCUT2D eigenvalue weighted by Gasteiger charge is 2.16. The van der Waals surface area contributed by atoms with Crippen molar-refractivity contribution in [2.45, 2.75) is 32.7 Å². The highest BCUT2D eigenvalue weighted by atomic mass is 16.5. The average molecular weight is 345 g/mol. The van der Waals surface area contributed by atoms with Gasteiger partial charge in [-0.15, -0.1) is 0 Å². The molecular weight excluding hydrogens is 322 g/mol. The molecule has 0 radical (unpaired) electrons. The summed E-state index contributed by atoms with van der Waals surface area (Å²) < 4.78 is 4.96. The predicted octanol–water partition coefficient (Wildman–Crippen LogP) is 1.28. The molecule has 7 nitrogen and oxygen atoms in total. The second-order valence-corrected chi connectivity index (χ2v) is 5.70. The number of rotatable bonds is 8. The van der Waals surface area contributed by atoms with Crippen LogP contribution < -0.4 is 10.6 Å². The number of benzene rings is 1. The second-order valence-electron chi connectivity index (χ2n) is 5.70. The Balaban J connectivity index is 1.73. The van der Waals surface area contributed by atoms with Crippen molar-refractivity contribution in [3.05, 3.63) is 36.0 Å². The fourth-order valence-electron chi connectivity index (χ4n) is 2.47. The summed E-state index contributed by atoms with van der Waals surface area (Å²) in [6.07, 6.45) is 2.58. The molecule has 134 valence electrons. The van der Waals surface area contributed by atoms with E-state index in [2.05, 4.69) is 15.6 Å². The van der Waals surface area contributed by atoms with Gasteiger partial charge in [-0.3, -0.25) is 14.4 Å². The van der Waals surface area contributed by atoms with Gasteiger partial charge >= 0.3 is 5.97 Å². The molecule has 0 aliphatic rings. The number of hydrogen-bond acceptors (Lipinski definition) is 4. The topological polar surface area (TPSA) is 100 Å². The van der Waals surface area contributed by atoms with Gasteiger partial charge in [-0.2, -0.15) is 0 Å². The zero-order valence-electron chi connectivity index (χ0n) is 14.4. The van der Waals surface area contributed by atoms with Crippen molar-refractivity contribution in [1.82, 2.24) is 15.6 Å². The maximum absolute atomic E-state index is 11.8. The van der Waals surface area contributed by atoms with Crippen LogP contribution in [0.2, 0.25) is 0 Å². The Morgan fingerprint density at radius 3 is 2.76 bits per heavy atom. The Kier molecular flexibility index (Phi) is 6.56. The van der Waals surface area contributed by atoms with E-state index in [9.17, 15) is 14.4 Å². The van der Waals surface area contributed by atoms with E-state index in [0.717, 1.165) is 16.5 Å². The van der Waals surface area contributed by atoms with Crippen LogP contribution in [0.25, 0.3) is 10.9 Å². The molecule has 2 rings (SSSR count). The van der Waals surface area contributed by atoms with Crippen molar-refractivity contribution in [3.8, 4) is 0 Å². The summed E-state index contributed by atoms with van der Waals surface area (Å²) in [5, 5.41) is 6.16. The van der Waals surface area contributed by atoms with Crippen LogP contribution >= 0.6 is 0 Å². The van der Waals surface area contributed by atoms with E-state index in [1.165, 1.54) is 0 Å². The molecule has 25 heavy (non-hydrogen) atoms. The van der Waals surface area contributed by atoms with Crippen molar-refractivity contribution in [1.29, 1.82) is 0 Å². The first-order valence-corrected chi connectivity index (χ1v) is 8.29. The summed E-state index contributed by atoms with van der Waals surface area (Å²) >= 11 is 0. The van der Waals surface area contributed by atoms with Gasteiger partial charge in [0, 0.05) is 30.1 Å². The van der Waals surface area contributed by atoms with Gasteiger partial charge in [-0.1, -0.05) is 18.2 Å². The van der Waals surface area contributed by atoms with Crippen molar-refractivity contribution in [2.24, 2.45) is 0 Å². The number of ether oxygens (including phenoxy) is 1. The van der Waals surface area contributed by atoms with Gasteiger partial charge in [0.2, 0.25) is 5.91 Å². The number of carbonyl (C=O) groups excluding carboxylic acids is 3. The number of aromatic nitrogens is 1. The quantitative estimate of drug-likeness (QED) is 0.628. The van der Waals surface area contributed by atoms with Gasteiger partial charge in [-0.25, -0.2) is 0 Å². The normalized spacial score (nSPS) is 11.8. The SMILES string of the molecule is CCNC(=O)[C@@H](C)NC(=O)COC(=O)CCc1c[nH]c2ccccc12. The minimum atomic E-state index is -0.669. The van der Waals surface area contributed by atoms with E-state index in [-0.39, 0.29) is 12.3 Å². The predicted molar refractivity (Wildman–Crippen MR) is 93.9 cm³/mol. The van der Waals surface area contributed by atoms with Crippen LogP contribution in [-0.2, 0) is 25.5 Å². The summed E-state index contributed by atoms with van der Waals surface area (Å²) in [6, 6.07) is 7.17. The first kappa shape index (κ1) is 18.5. The van der Waals surface area contributed by atoms with Crippen molar-refractivity contribution >= 4 is 28.7 Å². The molecule has 3 N–H and O–H groups in total. The Morgan fingerprint density at radius 1 is 1.24 bits per heavy atom.